The summed E-state index contributed by atoms with van der Waals surface area (Å²) in [5.41, 5.74) is 1.84. The molecule has 1 N–H and O–H groups in total. The van der Waals surface area contributed by atoms with E-state index in [9.17, 15) is 19.2 Å². The molecule has 2 aromatic rings. The highest BCUT2D eigenvalue weighted by Gasteiger charge is 2.41. The van der Waals surface area contributed by atoms with Gasteiger partial charge in [0.15, 0.2) is 0 Å². The Morgan fingerprint density at radius 2 is 1.84 bits per heavy atom. The van der Waals surface area contributed by atoms with Crippen LogP contribution in [0.15, 0.2) is 24.3 Å². The number of ether oxygens (including phenoxy) is 1. The third-order valence-electron chi connectivity index (χ3n) is 5.56. The predicted molar refractivity (Wildman–Crippen MR) is 115 cm³/mol. The van der Waals surface area contributed by atoms with Gasteiger partial charge in [0.25, 0.3) is 11.8 Å². The maximum absolute atomic E-state index is 13.0. The van der Waals surface area contributed by atoms with Crippen molar-refractivity contribution in [3.05, 3.63) is 51.4 Å². The summed E-state index contributed by atoms with van der Waals surface area (Å²) < 4.78 is 5.22. The molecule has 8 nitrogen and oxygen atoms in total. The number of hydrogen-bond acceptors (Lipinski definition) is 7. The van der Waals surface area contributed by atoms with Crippen LogP contribution in [0.1, 0.15) is 55.4 Å². The molecule has 2 aliphatic rings. The van der Waals surface area contributed by atoms with Gasteiger partial charge in [-0.05, 0) is 45.0 Å². The number of nitrogens with zero attached hydrogens (tertiary/aromatic N) is 2. The Bertz CT molecular complexity index is 1060. The molecule has 0 radical (unpaired) electrons. The largest absolute Gasteiger partial charge is 0.462 e. The molecule has 3 amide bonds. The molecule has 0 aliphatic carbocycles. The summed E-state index contributed by atoms with van der Waals surface area (Å²) >= 11 is 1.33. The minimum absolute atomic E-state index is 0.224. The molecule has 162 valence electrons. The lowest BCUT2D eigenvalue weighted by atomic mass is 10.0. The zero-order valence-corrected chi connectivity index (χ0v) is 18.4. The van der Waals surface area contributed by atoms with Crippen molar-refractivity contribution < 1.29 is 23.9 Å². The normalized spacial score (nSPS) is 16.7. The first-order chi connectivity index (χ1) is 14.8. The summed E-state index contributed by atoms with van der Waals surface area (Å²) in [5, 5.41) is 3.18. The van der Waals surface area contributed by atoms with Gasteiger partial charge in [-0.2, -0.15) is 0 Å². The third-order valence-corrected chi connectivity index (χ3v) is 6.69. The van der Waals surface area contributed by atoms with Gasteiger partial charge in [0.2, 0.25) is 5.91 Å². The lowest BCUT2D eigenvalue weighted by Crippen LogP contribution is -2.45. The molecule has 3 heterocycles. The number of amides is 3. The highest BCUT2D eigenvalue weighted by molar-refractivity contribution is 7.17. The first-order valence-corrected chi connectivity index (χ1v) is 10.9. The zero-order valence-electron chi connectivity index (χ0n) is 17.6. The van der Waals surface area contributed by atoms with Gasteiger partial charge in [-0.15, -0.1) is 11.3 Å². The van der Waals surface area contributed by atoms with Gasteiger partial charge in [-0.1, -0.05) is 12.1 Å². The lowest BCUT2D eigenvalue weighted by molar-refractivity contribution is -0.119. The minimum Gasteiger partial charge on any atom is -0.462 e. The third kappa shape index (κ3) is 3.64. The van der Waals surface area contributed by atoms with E-state index in [1.807, 2.05) is 7.05 Å². The Kier molecular flexibility index (Phi) is 5.63. The van der Waals surface area contributed by atoms with E-state index in [0.717, 1.165) is 21.9 Å². The molecule has 0 saturated carbocycles. The number of carbonyl (C=O) groups is 4. The second-order valence-corrected chi connectivity index (χ2v) is 8.71. The Morgan fingerprint density at radius 3 is 2.45 bits per heavy atom. The van der Waals surface area contributed by atoms with E-state index in [2.05, 4.69) is 10.2 Å². The van der Waals surface area contributed by atoms with Crippen LogP contribution in [0.3, 0.4) is 0 Å². The monoisotopic (exact) mass is 441 g/mol. The molecular weight excluding hydrogens is 418 g/mol. The number of anilines is 1. The fourth-order valence-corrected chi connectivity index (χ4v) is 5.25. The second-order valence-electron chi connectivity index (χ2n) is 7.61. The Labute approximate surface area is 183 Å². The molecule has 0 spiro atoms. The summed E-state index contributed by atoms with van der Waals surface area (Å²) in [4.78, 5) is 55.2. The van der Waals surface area contributed by atoms with Crippen molar-refractivity contribution in [3.63, 3.8) is 0 Å². The molecule has 1 atom stereocenters. The van der Waals surface area contributed by atoms with Crippen molar-refractivity contribution in [1.29, 1.82) is 0 Å². The van der Waals surface area contributed by atoms with Crippen LogP contribution in [0.25, 0.3) is 0 Å². The van der Waals surface area contributed by atoms with Gasteiger partial charge in [-0.3, -0.25) is 19.3 Å². The fraction of sp³-hybridized carbons (Fsp3) is 0.364. The highest BCUT2D eigenvalue weighted by atomic mass is 32.1. The number of esters is 1. The van der Waals surface area contributed by atoms with Gasteiger partial charge < -0.3 is 15.0 Å². The van der Waals surface area contributed by atoms with Crippen molar-refractivity contribution in [1.82, 2.24) is 9.80 Å². The van der Waals surface area contributed by atoms with Crippen LogP contribution < -0.4 is 5.32 Å². The molecule has 4 rings (SSSR count). The molecule has 0 bridgehead atoms. The van der Waals surface area contributed by atoms with E-state index in [1.165, 1.54) is 18.3 Å². The van der Waals surface area contributed by atoms with E-state index in [-0.39, 0.29) is 17.7 Å². The van der Waals surface area contributed by atoms with E-state index in [4.69, 9.17) is 4.74 Å². The van der Waals surface area contributed by atoms with E-state index >= 15 is 0 Å². The molecule has 0 saturated heterocycles. The molecule has 9 heteroatoms. The first-order valence-electron chi connectivity index (χ1n) is 10.1. The standard InChI is InChI=1S/C22H23N3O5S/c1-4-30-22(29)17-15-9-10-24(3)11-16(15)31-19(17)23-18(26)12(2)25-20(27)13-7-5-6-8-14(13)21(25)28/h5-8,12H,4,9-11H2,1-3H3,(H,23,26). The summed E-state index contributed by atoms with van der Waals surface area (Å²) in [7, 11) is 2.00. The Balaban J connectivity index is 1.61. The Morgan fingerprint density at radius 1 is 1.19 bits per heavy atom. The zero-order chi connectivity index (χ0) is 22.3. The molecule has 0 fully saturated rings. The van der Waals surface area contributed by atoms with Crippen LogP contribution >= 0.6 is 11.3 Å². The summed E-state index contributed by atoms with van der Waals surface area (Å²) in [6.45, 7) is 4.93. The van der Waals surface area contributed by atoms with Crippen LogP contribution in [-0.4, -0.2) is 59.7 Å². The summed E-state index contributed by atoms with van der Waals surface area (Å²) in [6.07, 6.45) is 0.681. The highest BCUT2D eigenvalue weighted by Crippen LogP contribution is 2.37. The van der Waals surface area contributed by atoms with Crippen LogP contribution in [0.2, 0.25) is 0 Å². The molecule has 1 aromatic carbocycles. The van der Waals surface area contributed by atoms with Crippen molar-refractivity contribution in [2.45, 2.75) is 32.9 Å². The average Bonchev–Trinajstić information content (AvgIpc) is 3.22. The van der Waals surface area contributed by atoms with Gasteiger partial charge in [-0.25, -0.2) is 4.79 Å². The number of benzene rings is 1. The quantitative estimate of drug-likeness (QED) is 0.566. The van der Waals surface area contributed by atoms with Gasteiger partial charge in [0.1, 0.15) is 11.0 Å². The van der Waals surface area contributed by atoms with Crippen molar-refractivity contribution in [2.24, 2.45) is 0 Å². The number of hydrogen-bond donors (Lipinski definition) is 1. The molecule has 1 aromatic heterocycles. The Hall–Kier alpha value is -3.04. The maximum atomic E-state index is 13.0. The van der Waals surface area contributed by atoms with Crippen molar-refractivity contribution in [2.75, 3.05) is 25.5 Å². The first kappa shape index (κ1) is 21.2. The van der Waals surface area contributed by atoms with Gasteiger partial charge in [0, 0.05) is 18.0 Å². The average molecular weight is 442 g/mol. The van der Waals surface area contributed by atoms with Crippen molar-refractivity contribution in [3.8, 4) is 0 Å². The molecule has 1 unspecified atom stereocenters. The number of imide groups is 1. The smallest absolute Gasteiger partial charge is 0.341 e. The summed E-state index contributed by atoms with van der Waals surface area (Å²) in [6, 6.07) is 5.46. The van der Waals surface area contributed by atoms with Crippen LogP contribution in [-0.2, 0) is 22.5 Å². The topological polar surface area (TPSA) is 96.0 Å². The van der Waals surface area contributed by atoms with Gasteiger partial charge in [0.05, 0.1) is 23.3 Å². The fourth-order valence-electron chi connectivity index (χ4n) is 3.93. The lowest BCUT2D eigenvalue weighted by Gasteiger charge is -2.22. The predicted octanol–water partition coefficient (Wildman–Crippen LogP) is 2.54. The second kappa shape index (κ2) is 8.24. The minimum atomic E-state index is -1.04. The van der Waals surface area contributed by atoms with Crippen LogP contribution in [0.5, 0.6) is 0 Å². The number of nitrogens with one attached hydrogen (secondary N) is 1. The number of fused-ring (bicyclic) bond motifs is 2. The van der Waals surface area contributed by atoms with Crippen LogP contribution in [0, 0.1) is 0 Å². The number of carbonyl (C=O) groups excluding carboxylic acids is 4. The maximum Gasteiger partial charge on any atom is 0.341 e. The van der Waals surface area contributed by atoms with Crippen LogP contribution in [0.4, 0.5) is 5.00 Å². The molecular formula is C22H23N3O5S. The van der Waals surface area contributed by atoms with E-state index in [0.29, 0.717) is 23.5 Å². The SMILES string of the molecule is CCOC(=O)c1c(NC(=O)C(C)N2C(=O)c3ccccc3C2=O)sc2c1CCN(C)C2. The number of thiophene rings is 1. The number of likely N-dealkylation sites (N-methyl/N-ethyl adjacent to an activating group) is 1. The van der Waals surface area contributed by atoms with E-state index < -0.39 is 29.7 Å². The number of rotatable bonds is 5. The molecule has 31 heavy (non-hydrogen) atoms. The van der Waals surface area contributed by atoms with Crippen molar-refractivity contribution >= 4 is 40.0 Å². The molecule has 2 aliphatic heterocycles. The van der Waals surface area contributed by atoms with E-state index in [1.54, 1.807) is 31.2 Å². The van der Waals surface area contributed by atoms with Gasteiger partial charge >= 0.3 is 5.97 Å². The summed E-state index contributed by atoms with van der Waals surface area (Å²) in [5.74, 6) is -2.01.